The van der Waals surface area contributed by atoms with Crippen LogP contribution in [0.1, 0.15) is 34.1 Å². The van der Waals surface area contributed by atoms with E-state index in [1.807, 2.05) is 6.92 Å². The highest BCUT2D eigenvalue weighted by atomic mass is 32.2. The Kier molecular flexibility index (Phi) is 5.06. The summed E-state index contributed by atoms with van der Waals surface area (Å²) in [6, 6.07) is 0.478. The topological polar surface area (TPSA) is 67.2 Å². The van der Waals surface area contributed by atoms with Crippen LogP contribution in [0.25, 0.3) is 0 Å². The molecule has 1 saturated heterocycles. The SMILES string of the molecule is CC1CC(C)N(S(=O)(=O)c2cnn(CCNC(C)C)c2)C1. The van der Waals surface area contributed by atoms with Crippen LogP contribution in [0.15, 0.2) is 17.3 Å². The number of sulfonamides is 1. The molecule has 1 fully saturated rings. The molecule has 6 nitrogen and oxygen atoms in total. The van der Waals surface area contributed by atoms with Crippen LogP contribution < -0.4 is 5.32 Å². The number of nitrogens with zero attached hydrogens (tertiary/aromatic N) is 3. The molecule has 1 aromatic rings. The third-order valence-corrected chi connectivity index (χ3v) is 5.77. The Bertz CT molecular complexity index is 567. The van der Waals surface area contributed by atoms with E-state index in [0.29, 0.717) is 29.9 Å². The summed E-state index contributed by atoms with van der Waals surface area (Å²) in [5.74, 6) is 0.417. The number of nitrogens with one attached hydrogen (secondary N) is 1. The number of rotatable bonds is 6. The van der Waals surface area contributed by atoms with Crippen LogP contribution in [0.3, 0.4) is 0 Å². The second kappa shape index (κ2) is 6.46. The second-order valence-electron chi connectivity index (χ2n) is 6.31. The van der Waals surface area contributed by atoms with Crippen molar-refractivity contribution in [3.8, 4) is 0 Å². The lowest BCUT2D eigenvalue weighted by Crippen LogP contribution is -2.33. The molecule has 1 N–H and O–H groups in total. The van der Waals surface area contributed by atoms with Crippen molar-refractivity contribution in [2.24, 2.45) is 5.92 Å². The van der Waals surface area contributed by atoms with E-state index in [1.165, 1.54) is 6.20 Å². The Balaban J connectivity index is 2.06. The quantitative estimate of drug-likeness (QED) is 0.859. The molecule has 0 spiro atoms. The lowest BCUT2D eigenvalue weighted by Gasteiger charge is -2.19. The Hall–Kier alpha value is -0.920. The molecular formula is C14H26N4O2S. The molecule has 1 aliphatic rings. The first-order chi connectivity index (χ1) is 9.80. The van der Waals surface area contributed by atoms with Gasteiger partial charge in [-0.15, -0.1) is 0 Å². The van der Waals surface area contributed by atoms with Crippen molar-refractivity contribution < 1.29 is 8.42 Å². The van der Waals surface area contributed by atoms with Gasteiger partial charge >= 0.3 is 0 Å². The average Bonchev–Trinajstić information content (AvgIpc) is 2.96. The molecule has 2 unspecified atom stereocenters. The Morgan fingerprint density at radius 3 is 2.71 bits per heavy atom. The van der Waals surface area contributed by atoms with Gasteiger partial charge in [-0.1, -0.05) is 20.8 Å². The smallest absolute Gasteiger partial charge is 0.246 e. The molecule has 2 rings (SSSR count). The molecule has 1 aromatic heterocycles. The normalized spacial score (nSPS) is 24.0. The van der Waals surface area contributed by atoms with Crippen LogP contribution in [0.4, 0.5) is 0 Å². The molecule has 0 radical (unpaired) electrons. The van der Waals surface area contributed by atoms with Crippen LogP contribution in [0.2, 0.25) is 0 Å². The zero-order valence-electron chi connectivity index (χ0n) is 13.3. The van der Waals surface area contributed by atoms with E-state index in [1.54, 1.807) is 15.2 Å². The zero-order chi connectivity index (χ0) is 15.6. The van der Waals surface area contributed by atoms with E-state index in [9.17, 15) is 8.42 Å². The molecule has 2 heterocycles. The summed E-state index contributed by atoms with van der Waals surface area (Å²) >= 11 is 0. The Morgan fingerprint density at radius 1 is 1.43 bits per heavy atom. The van der Waals surface area contributed by atoms with Gasteiger partial charge in [0.05, 0.1) is 12.7 Å². The lowest BCUT2D eigenvalue weighted by molar-refractivity contribution is 0.405. The van der Waals surface area contributed by atoms with Crippen molar-refractivity contribution in [1.29, 1.82) is 0 Å². The van der Waals surface area contributed by atoms with Crippen molar-refractivity contribution in [3.05, 3.63) is 12.4 Å². The van der Waals surface area contributed by atoms with Gasteiger partial charge in [0.25, 0.3) is 0 Å². The standard InChI is InChI=1S/C14H26N4O2S/c1-11(2)15-5-6-17-10-14(8-16-17)21(19,20)18-9-12(3)7-13(18)4/h8,10-13,15H,5-7,9H2,1-4H3. The molecule has 21 heavy (non-hydrogen) atoms. The average molecular weight is 314 g/mol. The largest absolute Gasteiger partial charge is 0.313 e. The van der Waals surface area contributed by atoms with E-state index in [2.05, 4.69) is 31.2 Å². The third kappa shape index (κ3) is 3.84. The maximum atomic E-state index is 12.6. The van der Waals surface area contributed by atoms with Gasteiger partial charge in [0.15, 0.2) is 0 Å². The van der Waals surface area contributed by atoms with Crippen LogP contribution in [0.5, 0.6) is 0 Å². The molecule has 0 saturated carbocycles. The van der Waals surface area contributed by atoms with Gasteiger partial charge in [0.1, 0.15) is 4.90 Å². The van der Waals surface area contributed by atoms with Gasteiger partial charge in [-0.2, -0.15) is 9.40 Å². The summed E-state index contributed by atoms with van der Waals surface area (Å²) in [7, 11) is -3.41. The van der Waals surface area contributed by atoms with Crippen LogP contribution in [-0.4, -0.2) is 47.7 Å². The molecule has 2 atom stereocenters. The van der Waals surface area contributed by atoms with Gasteiger partial charge in [-0.05, 0) is 19.3 Å². The minimum Gasteiger partial charge on any atom is -0.313 e. The summed E-state index contributed by atoms with van der Waals surface area (Å²) in [5.41, 5.74) is 0. The van der Waals surface area contributed by atoms with Gasteiger partial charge < -0.3 is 5.32 Å². The third-order valence-electron chi connectivity index (χ3n) is 3.84. The molecule has 0 amide bonds. The van der Waals surface area contributed by atoms with Gasteiger partial charge in [-0.25, -0.2) is 8.42 Å². The van der Waals surface area contributed by atoms with Gasteiger partial charge in [-0.3, -0.25) is 4.68 Å². The zero-order valence-corrected chi connectivity index (χ0v) is 14.1. The highest BCUT2D eigenvalue weighted by molar-refractivity contribution is 7.89. The predicted molar refractivity (Wildman–Crippen MR) is 82.5 cm³/mol. The minimum atomic E-state index is -3.41. The molecular weight excluding hydrogens is 288 g/mol. The minimum absolute atomic E-state index is 0.0657. The monoisotopic (exact) mass is 314 g/mol. The first-order valence-electron chi connectivity index (χ1n) is 7.58. The number of aromatic nitrogens is 2. The fourth-order valence-corrected chi connectivity index (χ4v) is 4.52. The number of hydrogen-bond donors (Lipinski definition) is 1. The van der Waals surface area contributed by atoms with Crippen LogP contribution in [0, 0.1) is 5.92 Å². The fourth-order valence-electron chi connectivity index (χ4n) is 2.80. The highest BCUT2D eigenvalue weighted by Crippen LogP contribution is 2.28. The van der Waals surface area contributed by atoms with Crippen molar-refractivity contribution in [2.75, 3.05) is 13.1 Å². The molecule has 1 aliphatic heterocycles. The van der Waals surface area contributed by atoms with Crippen molar-refractivity contribution >= 4 is 10.0 Å². The summed E-state index contributed by atoms with van der Waals surface area (Å²) < 4.78 is 28.6. The second-order valence-corrected chi connectivity index (χ2v) is 8.20. The Morgan fingerprint density at radius 2 is 2.14 bits per heavy atom. The molecule has 7 heteroatoms. The summed E-state index contributed by atoms with van der Waals surface area (Å²) in [4.78, 5) is 0.299. The predicted octanol–water partition coefficient (Wildman–Crippen LogP) is 1.30. The molecule has 0 aliphatic carbocycles. The van der Waals surface area contributed by atoms with Gasteiger partial charge in [0, 0.05) is 31.4 Å². The maximum absolute atomic E-state index is 12.6. The number of hydrogen-bond acceptors (Lipinski definition) is 4. The molecule has 120 valence electrons. The van der Waals surface area contributed by atoms with Crippen molar-refractivity contribution in [2.45, 2.75) is 57.6 Å². The Labute approximate surface area is 127 Å². The first kappa shape index (κ1) is 16.5. The van der Waals surface area contributed by atoms with Gasteiger partial charge in [0.2, 0.25) is 10.0 Å². The highest BCUT2D eigenvalue weighted by Gasteiger charge is 2.36. The van der Waals surface area contributed by atoms with Crippen LogP contribution in [-0.2, 0) is 16.6 Å². The molecule has 0 aromatic carbocycles. The van der Waals surface area contributed by atoms with E-state index < -0.39 is 10.0 Å². The van der Waals surface area contributed by atoms with Crippen molar-refractivity contribution in [3.63, 3.8) is 0 Å². The molecule has 0 bridgehead atoms. The fraction of sp³-hybridized carbons (Fsp3) is 0.786. The summed E-state index contributed by atoms with van der Waals surface area (Å²) in [6.07, 6.45) is 4.01. The lowest BCUT2D eigenvalue weighted by atomic mass is 10.1. The summed E-state index contributed by atoms with van der Waals surface area (Å²) in [5, 5.41) is 7.45. The van der Waals surface area contributed by atoms with Crippen LogP contribution >= 0.6 is 0 Å². The van der Waals surface area contributed by atoms with Crippen molar-refractivity contribution in [1.82, 2.24) is 19.4 Å². The van der Waals surface area contributed by atoms with E-state index in [0.717, 1.165) is 13.0 Å². The summed E-state index contributed by atoms with van der Waals surface area (Å²) in [6.45, 7) is 10.3. The van der Waals surface area contributed by atoms with E-state index in [-0.39, 0.29) is 6.04 Å². The van der Waals surface area contributed by atoms with E-state index >= 15 is 0 Å². The van der Waals surface area contributed by atoms with E-state index in [4.69, 9.17) is 0 Å². The maximum Gasteiger partial charge on any atom is 0.246 e. The first-order valence-corrected chi connectivity index (χ1v) is 9.02.